The highest BCUT2D eigenvalue weighted by molar-refractivity contribution is 7.90. The molecule has 0 saturated heterocycles. The average Bonchev–Trinajstić information content (AvgIpc) is 2.73. The molecule has 2 rings (SSSR count). The van der Waals surface area contributed by atoms with Crippen LogP contribution in [-0.2, 0) is 10.0 Å². The molecule has 0 saturated carbocycles. The zero-order valence-electron chi connectivity index (χ0n) is 10.9. The average molecular weight is 348 g/mol. The smallest absolute Gasteiger partial charge is 0.275 e. The minimum atomic E-state index is -4.09. The second-order valence-electron chi connectivity index (χ2n) is 4.00. The van der Waals surface area contributed by atoms with Crippen molar-refractivity contribution < 1.29 is 13.2 Å². The number of nitrogens with one attached hydrogen (secondary N) is 2. The first-order valence-electron chi connectivity index (χ1n) is 5.54. The lowest BCUT2D eigenvalue weighted by Crippen LogP contribution is -2.34. The Hall–Kier alpha value is -1.78. The highest BCUT2D eigenvalue weighted by Crippen LogP contribution is 2.21. The third-order valence-electron chi connectivity index (χ3n) is 2.22. The standard InChI is InChI=1S/C10H10ClN5O3S2/c1-5-3-6(2)13-9(12-5)14-10(17)16-21(18,19)7-4-20-15-8(7)11/h3-4H,1-2H3,(H2,12,13,14,16,17). The SMILES string of the molecule is Cc1cc(C)nc(NC(=O)NS(=O)(=O)c2csnc2Cl)n1. The van der Waals surface area contributed by atoms with E-state index in [1.807, 2.05) is 4.72 Å². The molecule has 2 aromatic heterocycles. The van der Waals surface area contributed by atoms with Crippen molar-refractivity contribution in [2.45, 2.75) is 18.7 Å². The number of halogens is 1. The zero-order valence-corrected chi connectivity index (χ0v) is 13.3. The molecule has 112 valence electrons. The lowest BCUT2D eigenvalue weighted by Gasteiger charge is -2.07. The molecule has 0 aliphatic carbocycles. The van der Waals surface area contributed by atoms with Gasteiger partial charge in [-0.2, -0.15) is 4.37 Å². The first-order chi connectivity index (χ1) is 9.78. The van der Waals surface area contributed by atoms with Gasteiger partial charge in [-0.15, -0.1) is 0 Å². The number of aryl methyl sites for hydroxylation is 2. The van der Waals surface area contributed by atoms with Crippen LogP contribution in [0.3, 0.4) is 0 Å². The van der Waals surface area contributed by atoms with Crippen LogP contribution < -0.4 is 10.0 Å². The predicted molar refractivity (Wildman–Crippen MR) is 78.0 cm³/mol. The van der Waals surface area contributed by atoms with Crippen LogP contribution in [-0.4, -0.2) is 28.8 Å². The maximum atomic E-state index is 11.9. The molecular formula is C10H10ClN5O3S2. The molecule has 0 aromatic carbocycles. The third-order valence-corrected chi connectivity index (χ3v) is 4.84. The monoisotopic (exact) mass is 347 g/mol. The molecule has 21 heavy (non-hydrogen) atoms. The summed E-state index contributed by atoms with van der Waals surface area (Å²) >= 11 is 6.50. The number of anilines is 1. The van der Waals surface area contributed by atoms with E-state index in [4.69, 9.17) is 11.6 Å². The number of carbonyl (C=O) groups is 1. The topological polar surface area (TPSA) is 114 Å². The van der Waals surface area contributed by atoms with Crippen LogP contribution >= 0.6 is 23.1 Å². The fourth-order valence-electron chi connectivity index (χ4n) is 1.47. The molecule has 0 spiro atoms. The molecule has 0 unspecified atom stereocenters. The molecular weight excluding hydrogens is 338 g/mol. The molecule has 2 aromatic rings. The molecule has 0 atom stereocenters. The van der Waals surface area contributed by atoms with Crippen LogP contribution in [0, 0.1) is 13.8 Å². The number of amides is 2. The van der Waals surface area contributed by atoms with E-state index in [2.05, 4.69) is 19.7 Å². The molecule has 0 aliphatic heterocycles. The van der Waals surface area contributed by atoms with Crippen molar-refractivity contribution in [1.82, 2.24) is 19.1 Å². The minimum absolute atomic E-state index is 0.00902. The second kappa shape index (κ2) is 5.92. The van der Waals surface area contributed by atoms with Gasteiger partial charge in [0, 0.05) is 16.8 Å². The van der Waals surface area contributed by atoms with E-state index in [-0.39, 0.29) is 16.0 Å². The largest absolute Gasteiger partial charge is 0.335 e. The summed E-state index contributed by atoms with van der Waals surface area (Å²) in [6.07, 6.45) is 0. The van der Waals surface area contributed by atoms with Gasteiger partial charge in [0.05, 0.1) is 0 Å². The molecule has 2 heterocycles. The summed E-state index contributed by atoms with van der Waals surface area (Å²) in [5.41, 5.74) is 1.29. The van der Waals surface area contributed by atoms with Gasteiger partial charge in [-0.25, -0.2) is 27.9 Å². The summed E-state index contributed by atoms with van der Waals surface area (Å²) in [6, 6.07) is 0.735. The van der Waals surface area contributed by atoms with Crippen molar-refractivity contribution in [1.29, 1.82) is 0 Å². The van der Waals surface area contributed by atoms with Gasteiger partial charge < -0.3 is 0 Å². The van der Waals surface area contributed by atoms with E-state index >= 15 is 0 Å². The fourth-order valence-corrected chi connectivity index (χ4v) is 3.83. The number of nitrogens with zero attached hydrogens (tertiary/aromatic N) is 3. The number of carbonyl (C=O) groups excluding carboxylic acids is 1. The highest BCUT2D eigenvalue weighted by atomic mass is 35.5. The van der Waals surface area contributed by atoms with Crippen molar-refractivity contribution in [3.05, 3.63) is 28.0 Å². The molecule has 2 N–H and O–H groups in total. The Bertz CT molecular complexity index is 769. The van der Waals surface area contributed by atoms with Crippen molar-refractivity contribution in [2.24, 2.45) is 0 Å². The van der Waals surface area contributed by atoms with E-state index in [0.29, 0.717) is 11.4 Å². The molecule has 0 fully saturated rings. The van der Waals surface area contributed by atoms with Gasteiger partial charge >= 0.3 is 6.03 Å². The van der Waals surface area contributed by atoms with Gasteiger partial charge in [0.15, 0.2) is 5.15 Å². The number of rotatable bonds is 3. The van der Waals surface area contributed by atoms with E-state index in [1.165, 1.54) is 5.38 Å². The molecule has 2 amide bonds. The summed E-state index contributed by atoms with van der Waals surface area (Å²) in [7, 11) is -4.09. The van der Waals surface area contributed by atoms with E-state index < -0.39 is 16.1 Å². The Balaban J connectivity index is 2.13. The number of hydrogen-bond donors (Lipinski definition) is 2. The Labute approximate surface area is 129 Å². The van der Waals surface area contributed by atoms with Crippen LogP contribution in [0.4, 0.5) is 10.7 Å². The first kappa shape index (κ1) is 15.6. The molecule has 8 nitrogen and oxygen atoms in total. The van der Waals surface area contributed by atoms with E-state index in [9.17, 15) is 13.2 Å². The summed E-state index contributed by atoms with van der Waals surface area (Å²) < 4.78 is 29.3. The number of sulfonamides is 1. The Morgan fingerprint density at radius 1 is 1.29 bits per heavy atom. The lowest BCUT2D eigenvalue weighted by molar-refractivity contribution is 0.256. The third kappa shape index (κ3) is 3.86. The molecule has 11 heteroatoms. The predicted octanol–water partition coefficient (Wildman–Crippen LogP) is 1.71. The summed E-state index contributed by atoms with van der Waals surface area (Å²) in [5, 5.41) is 3.29. The van der Waals surface area contributed by atoms with E-state index in [0.717, 1.165) is 11.5 Å². The molecule has 0 radical (unpaired) electrons. The van der Waals surface area contributed by atoms with Crippen LogP contribution in [0.2, 0.25) is 5.15 Å². The van der Waals surface area contributed by atoms with Crippen molar-refractivity contribution in [2.75, 3.05) is 5.32 Å². The van der Waals surface area contributed by atoms with Gasteiger partial charge in [-0.05, 0) is 31.4 Å². The zero-order chi connectivity index (χ0) is 15.6. The van der Waals surface area contributed by atoms with Crippen molar-refractivity contribution >= 4 is 45.1 Å². The Morgan fingerprint density at radius 2 is 1.90 bits per heavy atom. The molecule has 0 aliphatic rings. The normalized spacial score (nSPS) is 11.2. The van der Waals surface area contributed by atoms with E-state index in [1.54, 1.807) is 19.9 Å². The van der Waals surface area contributed by atoms with Gasteiger partial charge in [-0.1, -0.05) is 11.6 Å². The van der Waals surface area contributed by atoms with Gasteiger partial charge in [0.25, 0.3) is 10.0 Å². The number of urea groups is 1. The maximum Gasteiger partial charge on any atom is 0.335 e. The number of aromatic nitrogens is 3. The van der Waals surface area contributed by atoms with Gasteiger partial charge in [0.2, 0.25) is 5.95 Å². The van der Waals surface area contributed by atoms with Gasteiger partial charge in [-0.3, -0.25) is 5.32 Å². The highest BCUT2D eigenvalue weighted by Gasteiger charge is 2.23. The van der Waals surface area contributed by atoms with Crippen LogP contribution in [0.15, 0.2) is 16.3 Å². The number of hydrogen-bond acceptors (Lipinski definition) is 7. The summed E-state index contributed by atoms with van der Waals surface area (Å²) in [5.74, 6) is 0.00902. The fraction of sp³-hybridized carbons (Fsp3) is 0.200. The summed E-state index contributed by atoms with van der Waals surface area (Å²) in [4.78, 5) is 19.4. The lowest BCUT2D eigenvalue weighted by atomic mass is 10.4. The Morgan fingerprint density at radius 3 is 2.43 bits per heavy atom. The van der Waals surface area contributed by atoms with Crippen LogP contribution in [0.1, 0.15) is 11.4 Å². The molecule has 0 bridgehead atoms. The summed E-state index contributed by atoms with van der Waals surface area (Å²) in [6.45, 7) is 3.45. The van der Waals surface area contributed by atoms with Crippen molar-refractivity contribution in [3.63, 3.8) is 0 Å². The first-order valence-corrected chi connectivity index (χ1v) is 8.23. The van der Waals surface area contributed by atoms with Gasteiger partial charge in [0.1, 0.15) is 4.90 Å². The Kier molecular flexibility index (Phi) is 4.40. The quantitative estimate of drug-likeness (QED) is 0.873. The minimum Gasteiger partial charge on any atom is -0.275 e. The van der Waals surface area contributed by atoms with Crippen LogP contribution in [0.5, 0.6) is 0 Å². The maximum absolute atomic E-state index is 11.9. The van der Waals surface area contributed by atoms with Crippen molar-refractivity contribution in [3.8, 4) is 0 Å². The second-order valence-corrected chi connectivity index (χ2v) is 6.64. The van der Waals surface area contributed by atoms with Crippen LogP contribution in [0.25, 0.3) is 0 Å².